The molecule has 0 saturated carbocycles. The number of benzene rings is 2. The minimum absolute atomic E-state index is 0.0399. The minimum atomic E-state index is -0.0678. The van der Waals surface area contributed by atoms with Crippen molar-refractivity contribution in [2.75, 3.05) is 34.0 Å². The first-order chi connectivity index (χ1) is 14.0. The maximum Gasteiger partial charge on any atom is 0.220 e. The molecule has 0 spiro atoms. The summed E-state index contributed by atoms with van der Waals surface area (Å²) in [6.07, 6.45) is 0.896. The molecule has 0 unspecified atom stereocenters. The molecule has 29 heavy (non-hydrogen) atoms. The monoisotopic (exact) mass is 401 g/mol. The van der Waals surface area contributed by atoms with E-state index < -0.39 is 0 Å². The molecule has 0 radical (unpaired) electrons. The molecule has 0 aliphatic heterocycles. The van der Waals surface area contributed by atoms with Crippen molar-refractivity contribution in [2.24, 2.45) is 0 Å². The lowest BCUT2D eigenvalue weighted by Crippen LogP contribution is -2.28. The molecular formula is C22H27NO6. The van der Waals surface area contributed by atoms with Gasteiger partial charge in [0, 0.05) is 18.1 Å². The summed E-state index contributed by atoms with van der Waals surface area (Å²) >= 11 is 0. The van der Waals surface area contributed by atoms with Crippen molar-refractivity contribution in [1.82, 2.24) is 5.32 Å². The lowest BCUT2D eigenvalue weighted by Gasteiger charge is -2.12. The highest BCUT2D eigenvalue weighted by atomic mass is 16.5. The maximum absolute atomic E-state index is 11.9. The van der Waals surface area contributed by atoms with E-state index in [4.69, 9.17) is 18.9 Å². The van der Waals surface area contributed by atoms with E-state index in [2.05, 4.69) is 5.32 Å². The molecule has 2 aromatic rings. The molecule has 156 valence electrons. The Morgan fingerprint density at radius 3 is 2.41 bits per heavy atom. The van der Waals surface area contributed by atoms with Gasteiger partial charge in [0.2, 0.25) is 5.91 Å². The number of ether oxygens (including phenoxy) is 4. The fourth-order valence-electron chi connectivity index (χ4n) is 2.56. The lowest BCUT2D eigenvalue weighted by atomic mass is 10.1. The Morgan fingerprint density at radius 2 is 1.69 bits per heavy atom. The SMILES string of the molecule is COc1cccc(OCCNC(=O)CCCOc2ccc(C(C)=O)cc2OC)c1. The third-order valence-corrected chi connectivity index (χ3v) is 4.11. The van der Waals surface area contributed by atoms with Gasteiger partial charge < -0.3 is 24.3 Å². The summed E-state index contributed by atoms with van der Waals surface area (Å²) in [5, 5.41) is 2.81. The van der Waals surface area contributed by atoms with Crippen LogP contribution in [-0.2, 0) is 4.79 Å². The average molecular weight is 401 g/mol. The van der Waals surface area contributed by atoms with E-state index in [1.54, 1.807) is 31.4 Å². The smallest absolute Gasteiger partial charge is 0.220 e. The minimum Gasteiger partial charge on any atom is -0.497 e. The molecule has 2 aromatic carbocycles. The van der Waals surface area contributed by atoms with Crippen LogP contribution in [0.1, 0.15) is 30.1 Å². The Kier molecular flexibility index (Phi) is 8.82. The first-order valence-electron chi connectivity index (χ1n) is 9.39. The Hall–Kier alpha value is -3.22. The predicted octanol–water partition coefficient (Wildman–Crippen LogP) is 3.26. The fraction of sp³-hybridized carbons (Fsp3) is 0.364. The third kappa shape index (κ3) is 7.37. The van der Waals surface area contributed by atoms with E-state index in [0.717, 1.165) is 5.75 Å². The average Bonchev–Trinajstić information content (AvgIpc) is 2.74. The normalized spacial score (nSPS) is 10.2. The second kappa shape index (κ2) is 11.6. The Balaban J connectivity index is 1.64. The van der Waals surface area contributed by atoms with Crippen molar-refractivity contribution in [1.29, 1.82) is 0 Å². The molecule has 0 fully saturated rings. The highest BCUT2D eigenvalue weighted by molar-refractivity contribution is 5.94. The number of amides is 1. The van der Waals surface area contributed by atoms with E-state index >= 15 is 0 Å². The number of methoxy groups -OCH3 is 2. The second-order valence-electron chi connectivity index (χ2n) is 6.25. The van der Waals surface area contributed by atoms with Crippen LogP contribution in [0.4, 0.5) is 0 Å². The second-order valence-corrected chi connectivity index (χ2v) is 6.25. The van der Waals surface area contributed by atoms with Gasteiger partial charge in [0.25, 0.3) is 0 Å². The summed E-state index contributed by atoms with van der Waals surface area (Å²) < 4.78 is 21.6. The van der Waals surface area contributed by atoms with Gasteiger partial charge in [0.1, 0.15) is 18.1 Å². The van der Waals surface area contributed by atoms with Crippen LogP contribution in [0.5, 0.6) is 23.0 Å². The van der Waals surface area contributed by atoms with Gasteiger partial charge in [-0.15, -0.1) is 0 Å². The van der Waals surface area contributed by atoms with Gasteiger partial charge in [-0.1, -0.05) is 6.07 Å². The van der Waals surface area contributed by atoms with Crippen LogP contribution < -0.4 is 24.3 Å². The van der Waals surface area contributed by atoms with Gasteiger partial charge >= 0.3 is 0 Å². The zero-order valence-electron chi connectivity index (χ0n) is 17.0. The van der Waals surface area contributed by atoms with E-state index in [0.29, 0.717) is 55.4 Å². The van der Waals surface area contributed by atoms with Gasteiger partial charge in [-0.2, -0.15) is 0 Å². The summed E-state index contributed by atoms with van der Waals surface area (Å²) in [5.74, 6) is 2.35. The van der Waals surface area contributed by atoms with Gasteiger partial charge in [0.05, 0.1) is 27.4 Å². The van der Waals surface area contributed by atoms with E-state index in [1.807, 2.05) is 18.2 Å². The van der Waals surface area contributed by atoms with E-state index in [-0.39, 0.29) is 11.7 Å². The number of carbonyl (C=O) groups is 2. The molecule has 0 aromatic heterocycles. The number of carbonyl (C=O) groups excluding carboxylic acids is 2. The molecular weight excluding hydrogens is 374 g/mol. The summed E-state index contributed by atoms with van der Waals surface area (Å²) in [4.78, 5) is 23.3. The standard InChI is InChI=1S/C22H27NO6/c1-16(24)17-9-10-20(21(14-17)27-3)29-12-5-8-22(25)23-11-13-28-19-7-4-6-18(15-19)26-2/h4,6-7,9-10,14-15H,5,8,11-13H2,1-3H3,(H,23,25). The van der Waals surface area contributed by atoms with E-state index in [9.17, 15) is 9.59 Å². The highest BCUT2D eigenvalue weighted by Gasteiger charge is 2.09. The first-order valence-corrected chi connectivity index (χ1v) is 9.39. The molecule has 0 aliphatic rings. The molecule has 0 aliphatic carbocycles. The lowest BCUT2D eigenvalue weighted by molar-refractivity contribution is -0.121. The van der Waals surface area contributed by atoms with Crippen molar-refractivity contribution in [3.63, 3.8) is 0 Å². The fourth-order valence-corrected chi connectivity index (χ4v) is 2.56. The topological polar surface area (TPSA) is 83.1 Å². The van der Waals surface area contributed by atoms with Crippen molar-refractivity contribution in [3.8, 4) is 23.0 Å². The first kappa shape index (κ1) is 22.1. The molecule has 7 heteroatoms. The quantitative estimate of drug-likeness (QED) is 0.434. The van der Waals surface area contributed by atoms with Crippen LogP contribution in [0.2, 0.25) is 0 Å². The molecule has 0 saturated heterocycles. The van der Waals surface area contributed by atoms with Crippen molar-refractivity contribution >= 4 is 11.7 Å². The van der Waals surface area contributed by atoms with Crippen LogP contribution >= 0.6 is 0 Å². The van der Waals surface area contributed by atoms with Gasteiger partial charge in [-0.25, -0.2) is 0 Å². The molecule has 0 bridgehead atoms. The summed E-state index contributed by atoms with van der Waals surface area (Å²) in [6.45, 7) is 2.64. The van der Waals surface area contributed by atoms with Crippen molar-refractivity contribution < 1.29 is 28.5 Å². The van der Waals surface area contributed by atoms with Crippen LogP contribution in [0.25, 0.3) is 0 Å². The van der Waals surface area contributed by atoms with Crippen LogP contribution in [0.3, 0.4) is 0 Å². The number of hydrogen-bond acceptors (Lipinski definition) is 6. The van der Waals surface area contributed by atoms with Crippen LogP contribution in [0, 0.1) is 0 Å². The summed E-state index contributed by atoms with van der Waals surface area (Å²) in [7, 11) is 3.12. The van der Waals surface area contributed by atoms with Crippen molar-refractivity contribution in [2.45, 2.75) is 19.8 Å². The molecule has 7 nitrogen and oxygen atoms in total. The number of hydrogen-bond donors (Lipinski definition) is 1. The van der Waals surface area contributed by atoms with Crippen LogP contribution in [0.15, 0.2) is 42.5 Å². The Bertz CT molecular complexity index is 821. The Morgan fingerprint density at radius 1 is 0.897 bits per heavy atom. The van der Waals surface area contributed by atoms with Gasteiger partial charge in [-0.3, -0.25) is 9.59 Å². The molecule has 0 atom stereocenters. The number of nitrogens with one attached hydrogen (secondary N) is 1. The zero-order valence-corrected chi connectivity index (χ0v) is 17.0. The number of ketones is 1. The van der Waals surface area contributed by atoms with E-state index in [1.165, 1.54) is 14.0 Å². The largest absolute Gasteiger partial charge is 0.497 e. The van der Waals surface area contributed by atoms with Gasteiger partial charge in [-0.05, 0) is 43.7 Å². The summed E-state index contributed by atoms with van der Waals surface area (Å²) in [6, 6.07) is 12.3. The number of rotatable bonds is 12. The highest BCUT2D eigenvalue weighted by Crippen LogP contribution is 2.28. The molecule has 2 rings (SSSR count). The van der Waals surface area contributed by atoms with Crippen LogP contribution in [-0.4, -0.2) is 45.7 Å². The zero-order chi connectivity index (χ0) is 21.1. The predicted molar refractivity (Wildman–Crippen MR) is 109 cm³/mol. The third-order valence-electron chi connectivity index (χ3n) is 4.11. The molecule has 0 heterocycles. The maximum atomic E-state index is 11.9. The number of Topliss-reactive ketones (excluding diaryl/α,β-unsaturated/α-hetero) is 1. The van der Waals surface area contributed by atoms with Crippen molar-refractivity contribution in [3.05, 3.63) is 48.0 Å². The molecule has 1 amide bonds. The Labute approximate surface area is 170 Å². The summed E-state index contributed by atoms with van der Waals surface area (Å²) in [5.41, 5.74) is 0.560. The van der Waals surface area contributed by atoms with Gasteiger partial charge in [0.15, 0.2) is 17.3 Å². The molecule has 1 N–H and O–H groups in total.